The van der Waals surface area contributed by atoms with Gasteiger partial charge in [-0.05, 0) is 37.8 Å². The number of aryl methyl sites for hydroxylation is 1. The van der Waals surface area contributed by atoms with Gasteiger partial charge in [-0.2, -0.15) is 0 Å². The Balaban J connectivity index is 2.14. The molecule has 92 valence electrons. The molecule has 0 radical (unpaired) electrons. The van der Waals surface area contributed by atoms with Crippen molar-refractivity contribution in [2.45, 2.75) is 38.6 Å². The summed E-state index contributed by atoms with van der Waals surface area (Å²) in [5.74, 6) is 0.770. The molecule has 2 rings (SSSR count). The molecule has 0 unspecified atom stereocenters. The molecule has 17 heavy (non-hydrogen) atoms. The van der Waals surface area contributed by atoms with Crippen LogP contribution in [-0.2, 0) is 6.42 Å². The van der Waals surface area contributed by atoms with Crippen LogP contribution in [0.5, 0.6) is 0 Å². The largest absolute Gasteiger partial charge is 0.373 e. The van der Waals surface area contributed by atoms with Gasteiger partial charge in [0.2, 0.25) is 0 Å². The number of anilines is 1. The van der Waals surface area contributed by atoms with Crippen LogP contribution < -0.4 is 10.6 Å². The Morgan fingerprint density at radius 3 is 2.76 bits per heavy atom. The lowest BCUT2D eigenvalue weighted by atomic mass is 9.93. The second kappa shape index (κ2) is 5.17. The quantitative estimate of drug-likeness (QED) is 0.836. The van der Waals surface area contributed by atoms with Crippen LogP contribution in [0, 0.1) is 0 Å². The number of carbonyl (C=O) groups is 1. The van der Waals surface area contributed by atoms with Gasteiger partial charge in [0.1, 0.15) is 5.82 Å². The van der Waals surface area contributed by atoms with Crippen LogP contribution in [0.25, 0.3) is 0 Å². The van der Waals surface area contributed by atoms with E-state index in [-0.39, 0.29) is 5.91 Å². The average molecular weight is 233 g/mol. The van der Waals surface area contributed by atoms with E-state index < -0.39 is 0 Å². The molecule has 1 aromatic rings. The normalized spacial score (nSPS) is 15.2. The van der Waals surface area contributed by atoms with Crippen LogP contribution >= 0.6 is 0 Å². The third-order valence-electron chi connectivity index (χ3n) is 3.20. The maximum absolute atomic E-state index is 12.0. The van der Waals surface area contributed by atoms with Gasteiger partial charge in [-0.25, -0.2) is 4.98 Å². The molecule has 0 aromatic carbocycles. The summed E-state index contributed by atoms with van der Waals surface area (Å²) in [5, 5.41) is 6.03. The second-order valence-electron chi connectivity index (χ2n) is 4.44. The molecule has 1 aliphatic rings. The summed E-state index contributed by atoms with van der Waals surface area (Å²) in [6, 6.07) is 4.04. The van der Waals surface area contributed by atoms with Crippen LogP contribution in [0.15, 0.2) is 12.1 Å². The third kappa shape index (κ3) is 2.75. The van der Waals surface area contributed by atoms with Gasteiger partial charge < -0.3 is 10.6 Å². The molecule has 1 aliphatic carbocycles. The monoisotopic (exact) mass is 233 g/mol. The number of pyridine rings is 1. The minimum atomic E-state index is 0.0169. The number of nitrogens with one attached hydrogen (secondary N) is 2. The van der Waals surface area contributed by atoms with Gasteiger partial charge >= 0.3 is 0 Å². The first-order valence-electron chi connectivity index (χ1n) is 6.22. The SMILES string of the molecule is CCc1cc(C(=O)NC2CCC2)cc(NC)n1. The standard InChI is InChI=1S/C13H19N3O/c1-3-10-7-9(8-12(14-2)15-10)13(17)16-11-5-4-6-11/h7-8,11H,3-6H2,1-2H3,(H,14,15)(H,16,17). The molecule has 0 spiro atoms. The van der Waals surface area contributed by atoms with E-state index in [9.17, 15) is 4.79 Å². The molecule has 0 atom stereocenters. The molecule has 1 saturated carbocycles. The van der Waals surface area contributed by atoms with E-state index in [2.05, 4.69) is 15.6 Å². The van der Waals surface area contributed by atoms with Crippen molar-refractivity contribution < 1.29 is 4.79 Å². The van der Waals surface area contributed by atoms with Crippen molar-refractivity contribution in [3.8, 4) is 0 Å². The highest BCUT2D eigenvalue weighted by atomic mass is 16.1. The molecule has 1 heterocycles. The molecule has 0 saturated heterocycles. The zero-order valence-electron chi connectivity index (χ0n) is 10.4. The minimum absolute atomic E-state index is 0.0169. The zero-order chi connectivity index (χ0) is 12.3. The fourth-order valence-corrected chi connectivity index (χ4v) is 1.85. The fraction of sp³-hybridized carbons (Fsp3) is 0.538. The number of carbonyl (C=O) groups excluding carboxylic acids is 1. The lowest BCUT2D eigenvalue weighted by Gasteiger charge is -2.26. The van der Waals surface area contributed by atoms with E-state index in [1.165, 1.54) is 6.42 Å². The number of amides is 1. The number of hydrogen-bond donors (Lipinski definition) is 2. The van der Waals surface area contributed by atoms with Gasteiger partial charge in [0.25, 0.3) is 5.91 Å². The Morgan fingerprint density at radius 1 is 1.47 bits per heavy atom. The number of aromatic nitrogens is 1. The van der Waals surface area contributed by atoms with Crippen molar-refractivity contribution in [1.29, 1.82) is 0 Å². The third-order valence-corrected chi connectivity index (χ3v) is 3.20. The van der Waals surface area contributed by atoms with E-state index >= 15 is 0 Å². The number of rotatable bonds is 4. The van der Waals surface area contributed by atoms with Crippen molar-refractivity contribution >= 4 is 11.7 Å². The zero-order valence-corrected chi connectivity index (χ0v) is 10.4. The number of nitrogens with zero attached hydrogens (tertiary/aromatic N) is 1. The molecular weight excluding hydrogens is 214 g/mol. The Morgan fingerprint density at radius 2 is 2.24 bits per heavy atom. The van der Waals surface area contributed by atoms with Gasteiger partial charge in [0.05, 0.1) is 0 Å². The average Bonchev–Trinajstić information content (AvgIpc) is 2.32. The van der Waals surface area contributed by atoms with Gasteiger partial charge in [-0.15, -0.1) is 0 Å². The molecule has 1 fully saturated rings. The highest BCUT2D eigenvalue weighted by Crippen LogP contribution is 2.19. The van der Waals surface area contributed by atoms with E-state index in [0.29, 0.717) is 11.6 Å². The summed E-state index contributed by atoms with van der Waals surface area (Å²) in [6.45, 7) is 2.04. The summed E-state index contributed by atoms with van der Waals surface area (Å²) in [4.78, 5) is 16.4. The lowest BCUT2D eigenvalue weighted by Crippen LogP contribution is -2.39. The predicted molar refractivity (Wildman–Crippen MR) is 68.3 cm³/mol. The van der Waals surface area contributed by atoms with E-state index in [1.807, 2.05) is 20.0 Å². The molecule has 1 amide bonds. The summed E-state index contributed by atoms with van der Waals surface area (Å²) >= 11 is 0. The Labute approximate surface area is 102 Å². The highest BCUT2D eigenvalue weighted by molar-refractivity contribution is 5.95. The minimum Gasteiger partial charge on any atom is -0.373 e. The first kappa shape index (κ1) is 11.9. The molecule has 0 aliphatic heterocycles. The fourth-order valence-electron chi connectivity index (χ4n) is 1.85. The molecule has 2 N–H and O–H groups in total. The van der Waals surface area contributed by atoms with Gasteiger partial charge in [-0.3, -0.25) is 4.79 Å². The topological polar surface area (TPSA) is 54.0 Å². The molecule has 4 nitrogen and oxygen atoms in total. The second-order valence-corrected chi connectivity index (χ2v) is 4.44. The summed E-state index contributed by atoms with van der Waals surface area (Å²) in [6.07, 6.45) is 4.27. The first-order valence-corrected chi connectivity index (χ1v) is 6.22. The van der Waals surface area contributed by atoms with Crippen LogP contribution in [-0.4, -0.2) is 24.0 Å². The Hall–Kier alpha value is -1.58. The van der Waals surface area contributed by atoms with Crippen molar-refractivity contribution in [3.63, 3.8) is 0 Å². The van der Waals surface area contributed by atoms with Crippen molar-refractivity contribution in [1.82, 2.24) is 10.3 Å². The molecule has 1 aromatic heterocycles. The number of hydrogen-bond acceptors (Lipinski definition) is 3. The Kier molecular flexibility index (Phi) is 3.61. The van der Waals surface area contributed by atoms with Crippen LogP contribution in [0.4, 0.5) is 5.82 Å². The van der Waals surface area contributed by atoms with Gasteiger partial charge in [0, 0.05) is 24.3 Å². The summed E-state index contributed by atoms with van der Waals surface area (Å²) < 4.78 is 0. The van der Waals surface area contributed by atoms with Crippen molar-refractivity contribution in [2.75, 3.05) is 12.4 Å². The van der Waals surface area contributed by atoms with E-state index in [4.69, 9.17) is 0 Å². The van der Waals surface area contributed by atoms with Gasteiger partial charge in [-0.1, -0.05) is 6.92 Å². The summed E-state index contributed by atoms with van der Waals surface area (Å²) in [7, 11) is 1.81. The van der Waals surface area contributed by atoms with Crippen molar-refractivity contribution in [3.05, 3.63) is 23.4 Å². The maximum atomic E-state index is 12.0. The predicted octanol–water partition coefficient (Wildman–Crippen LogP) is 1.97. The molecular formula is C13H19N3O. The first-order chi connectivity index (χ1) is 8.22. The smallest absolute Gasteiger partial charge is 0.251 e. The van der Waals surface area contributed by atoms with E-state index in [1.54, 1.807) is 6.07 Å². The highest BCUT2D eigenvalue weighted by Gasteiger charge is 2.20. The van der Waals surface area contributed by atoms with Crippen LogP contribution in [0.2, 0.25) is 0 Å². The lowest BCUT2D eigenvalue weighted by molar-refractivity contribution is 0.0917. The summed E-state index contributed by atoms with van der Waals surface area (Å²) in [5.41, 5.74) is 1.64. The molecule has 4 heteroatoms. The van der Waals surface area contributed by atoms with Crippen LogP contribution in [0.1, 0.15) is 42.2 Å². The van der Waals surface area contributed by atoms with Crippen molar-refractivity contribution in [2.24, 2.45) is 0 Å². The van der Waals surface area contributed by atoms with E-state index in [0.717, 1.165) is 30.8 Å². The maximum Gasteiger partial charge on any atom is 0.251 e. The van der Waals surface area contributed by atoms with Crippen LogP contribution in [0.3, 0.4) is 0 Å². The van der Waals surface area contributed by atoms with Gasteiger partial charge in [0.15, 0.2) is 0 Å². The Bertz CT molecular complexity index is 391. The molecule has 0 bridgehead atoms.